The number of rotatable bonds is 0. The largest absolute Gasteiger partial charge is 0.405 e. The molecule has 32 nitrogen and oxygen atoms in total. The number of nitrogens with zero attached hydrogens (tertiary/aromatic N) is 32. The van der Waals surface area contributed by atoms with Gasteiger partial charge in [0.25, 0.3) is 70.0 Å². The molecule has 0 saturated carbocycles. The molecule has 18 aliphatic heterocycles. The monoisotopic (exact) mass is 1980 g/mol. The number of halogens is 3. The van der Waals surface area contributed by atoms with Crippen LogP contribution in [-0.4, -0.2) is 165 Å². The highest BCUT2D eigenvalue weighted by atomic mass is 35.5. The summed E-state index contributed by atoms with van der Waals surface area (Å²) in [6, 6.07) is 35.4. The Hall–Kier alpha value is -17.0. The van der Waals surface area contributed by atoms with Gasteiger partial charge in [-0.3, -0.25) is 0 Å². The van der Waals surface area contributed by atoms with Crippen molar-refractivity contribution in [2.75, 3.05) is 0 Å². The van der Waals surface area contributed by atoms with Crippen molar-refractivity contribution in [3.05, 3.63) is 330 Å². The highest BCUT2D eigenvalue weighted by molar-refractivity contribution is 6.35. The fourth-order valence-electron chi connectivity index (χ4n) is 25.7. The zero-order valence-corrected chi connectivity index (χ0v) is 85.5. The lowest BCUT2D eigenvalue weighted by Crippen LogP contribution is -2.71. The van der Waals surface area contributed by atoms with Gasteiger partial charge < -0.3 is 0 Å². The molecule has 35 heteroatoms. The summed E-state index contributed by atoms with van der Waals surface area (Å²) in [5.41, 5.74) is 39.8. The summed E-state index contributed by atoms with van der Waals surface area (Å²) in [6.45, 7) is 43.6. The fourth-order valence-corrected chi connectivity index (χ4v) is 26.2. The second-order valence-corrected chi connectivity index (χ2v) is 43.4. The van der Waals surface area contributed by atoms with E-state index in [9.17, 15) is 0 Å². The van der Waals surface area contributed by atoms with Crippen molar-refractivity contribution in [2.24, 2.45) is 59.9 Å². The van der Waals surface area contributed by atoms with Crippen LogP contribution in [-0.2, 0) is 17.7 Å². The van der Waals surface area contributed by atoms with E-state index in [0.717, 1.165) is 242 Å². The summed E-state index contributed by atoms with van der Waals surface area (Å²) in [7, 11) is 0. The van der Waals surface area contributed by atoms with Crippen LogP contribution in [0.3, 0.4) is 0 Å². The van der Waals surface area contributed by atoms with Crippen molar-refractivity contribution in [1.29, 1.82) is 0 Å². The first kappa shape index (κ1) is 81.4. The van der Waals surface area contributed by atoms with Gasteiger partial charge in [0.05, 0.1) is 90.1 Å². The molecule has 3 spiro atoms. The Balaban J connectivity index is 0.0000000945. The predicted octanol–water partition coefficient (Wildman–Crippen LogP) is 14.7. The topological polar surface area (TPSA) is 299 Å². The van der Waals surface area contributed by atoms with Crippen LogP contribution in [0.25, 0.3) is 65.2 Å². The molecule has 0 bridgehead atoms. The number of hydrogen-bond acceptors (Lipinski definition) is 20. The van der Waals surface area contributed by atoms with Gasteiger partial charge in [-0.25, -0.2) is 39.9 Å². The third kappa shape index (κ3) is 8.78. The second kappa shape index (κ2) is 25.3. The minimum Gasteiger partial charge on any atom is -0.244 e. The van der Waals surface area contributed by atoms with Gasteiger partial charge in [-0.15, -0.1) is 27.5 Å². The number of aryl methyl sites for hydroxylation is 21. The lowest BCUT2D eigenvalue weighted by atomic mass is 10.00. The molecule has 0 aliphatic carbocycles. The van der Waals surface area contributed by atoms with Crippen LogP contribution >= 0.6 is 34.8 Å². The molecule has 8 aromatic carbocycles. The smallest absolute Gasteiger partial charge is 0.244 e. The lowest BCUT2D eigenvalue weighted by Gasteiger charge is -2.40. The first-order chi connectivity index (χ1) is 70.7. The molecular weight excluding hydrogens is 1900 g/mol. The summed E-state index contributed by atoms with van der Waals surface area (Å²) in [5.74, 6) is 10.4. The first-order valence-corrected chi connectivity index (χ1v) is 50.4. The van der Waals surface area contributed by atoms with Crippen LogP contribution in [0, 0.1) is 145 Å². The maximum absolute atomic E-state index is 6.87. The van der Waals surface area contributed by atoms with Crippen molar-refractivity contribution >= 4 is 205 Å². The van der Waals surface area contributed by atoms with Crippen LogP contribution < -0.4 is 32.9 Å². The highest BCUT2D eigenvalue weighted by Crippen LogP contribution is 2.59. The Morgan fingerprint density at radius 1 is 0.184 bits per heavy atom. The number of fused-ring (bicyclic) bond motifs is 36. The Morgan fingerprint density at radius 2 is 0.401 bits per heavy atom. The summed E-state index contributed by atoms with van der Waals surface area (Å²) < 4.78 is 27.1. The fraction of sp³-hybridized carbons (Fsp3) is 0.214. The van der Waals surface area contributed by atoms with Gasteiger partial charge in [-0.05, 0) is 315 Å². The highest BCUT2D eigenvalue weighted by Gasteiger charge is 2.75. The molecular formula is C112H79Cl3N32+6. The molecule has 36 rings (SSSR count). The van der Waals surface area contributed by atoms with Crippen molar-refractivity contribution in [3.63, 3.8) is 0 Å². The van der Waals surface area contributed by atoms with Gasteiger partial charge in [0.15, 0.2) is 44.8 Å². The van der Waals surface area contributed by atoms with Gasteiger partial charge in [-0.1, -0.05) is 94.7 Å². The predicted molar refractivity (Wildman–Crippen MR) is 558 cm³/mol. The Kier molecular flexibility index (Phi) is 14.0. The number of benzene rings is 8. The molecule has 1 unspecified atom stereocenters. The van der Waals surface area contributed by atoms with E-state index in [4.69, 9.17) is 135 Å². The molecule has 0 radical (unpaired) electrons. The van der Waals surface area contributed by atoms with E-state index < -0.39 is 17.7 Å². The van der Waals surface area contributed by atoms with Gasteiger partial charge in [0.2, 0.25) is 67.8 Å². The van der Waals surface area contributed by atoms with E-state index >= 15 is 0 Å². The van der Waals surface area contributed by atoms with E-state index in [2.05, 4.69) is 203 Å². The van der Waals surface area contributed by atoms with Crippen LogP contribution in [0.1, 0.15) is 185 Å². The van der Waals surface area contributed by atoms with Crippen molar-refractivity contribution < 1.29 is 27.5 Å². The first-order valence-electron chi connectivity index (χ1n) is 49.3. The molecule has 18 aliphatic rings. The molecule has 0 saturated heterocycles. The van der Waals surface area contributed by atoms with E-state index in [-0.39, 0.29) is 0 Å². The minimum absolute atomic E-state index is 0.595. The average Bonchev–Trinajstić information content (AvgIpc) is 1.47. The number of amidine groups is 12. The summed E-state index contributed by atoms with van der Waals surface area (Å²) in [4.78, 5) is 107. The van der Waals surface area contributed by atoms with Gasteiger partial charge >= 0.3 is 17.7 Å². The van der Waals surface area contributed by atoms with Crippen LogP contribution in [0.5, 0.6) is 0 Å². The molecule has 28 heterocycles. The van der Waals surface area contributed by atoms with E-state index in [1.165, 1.54) is 55.6 Å². The SMILES string of the molecule is Cc1cc2c(cc1C)C1=[N+]3C2=Nc2c4cc(C)c(C)cc4c4n2C32n3c(c5cc(C)c(C)cc5c3=NC3=[N+]2C(=N4)c2cc(C)c(C)cc23)=N1.Cc1cc2c3n4c(c2cc1C)=NC1=[N+]2C(=Nc5c6cc(Cl)c(C)cc6c6n5C42[N+]2=C(N=3)c3cc(C)c(Cl)cc3C2=N6)c2cc(C)c(Cl)cc21.Cc1nc2c(nc1C)C1=[N+]3C2=Nc2c4nc(C)c(C)nc4c4n2C32n3c(c5nc(C)c(C)nc5c3=NC3=[N+]2C(=N4)c2nc(C)c(C)nc23)=N1. The van der Waals surface area contributed by atoms with Crippen LogP contribution in [0.2, 0.25) is 15.1 Å². The maximum Gasteiger partial charge on any atom is 0.405 e. The Bertz CT molecular complexity index is 9620. The molecule has 1 atom stereocenters. The molecule has 0 fully saturated rings. The summed E-state index contributed by atoms with van der Waals surface area (Å²) >= 11 is 20.6. The standard InChI is InChI=1S/C41H32N8.C38H23Cl3N8.C33H24N16/c1-17-9-25-26(10-18(17)2)34-43-36-29-13-21(5)22(6)14-30(29)38-45-40-32-16-24(8)23(7)15-31(32)39-44-37-28-12-20(4)19(3)11-27(28)35-42-33(25)46(34)41(47(35)37,48(36)38)49(39)40;1-14-6-19-20(7-15(14)2)31-43-35-25-12-28(40)17(4)9-22(25)33-45-37-26-13-29(41)18(5)10-23(26)34-44-36-24-11-27(39)16(3)8-21(24)32-42-30(19)46(31)38(47(32)36,48(33)35)49(34)37;1-9-10(2)35-18-17(34-9)25-42-27-19-20(37-12(4)11(3)36-19)29-44-31-23-24(41-16(8)15(7)40-23)32-45-30-22-21(38-13(5)14(6)39-22)28-43-26(18)46(25)33(47(27)29,48(28)30)49(31)32/h9-16H,1-8H3;6-13H,1-5H3;1-8H3/q3*+2. The van der Waals surface area contributed by atoms with Crippen molar-refractivity contribution in [1.82, 2.24) is 67.3 Å². The Morgan fingerprint density at radius 3 is 0.755 bits per heavy atom. The average molecular weight is 1980 g/mol. The second-order valence-electron chi connectivity index (χ2n) is 42.2. The molecule has 147 heavy (non-hydrogen) atoms. The molecule has 0 N–H and O–H groups in total. The number of aromatic nitrogens is 14. The molecule has 702 valence electrons. The third-order valence-corrected chi connectivity index (χ3v) is 35.3. The van der Waals surface area contributed by atoms with E-state index in [1.54, 1.807) is 0 Å². The van der Waals surface area contributed by atoms with Gasteiger partial charge in [-0.2, -0.15) is 27.4 Å². The molecule has 0 amide bonds. The Labute approximate surface area is 847 Å². The number of aliphatic imine (C=N–C) groups is 6. The van der Waals surface area contributed by atoms with Crippen LogP contribution in [0.4, 0.5) is 34.9 Å². The van der Waals surface area contributed by atoms with Crippen molar-refractivity contribution in [2.45, 2.75) is 163 Å². The van der Waals surface area contributed by atoms with Crippen LogP contribution in [0.15, 0.2) is 157 Å². The zero-order chi connectivity index (χ0) is 99.5. The zero-order valence-electron chi connectivity index (χ0n) is 83.2. The summed E-state index contributed by atoms with van der Waals surface area (Å²) in [5, 5.41) is 10.5. The lowest BCUT2D eigenvalue weighted by molar-refractivity contribution is -0.791. The third-order valence-electron chi connectivity index (χ3n) is 34.1. The summed E-state index contributed by atoms with van der Waals surface area (Å²) in [6.07, 6.45) is 0. The van der Waals surface area contributed by atoms with E-state index in [1.807, 2.05) is 94.4 Å². The maximum atomic E-state index is 6.87. The quantitative estimate of drug-likeness (QED) is 0.131. The van der Waals surface area contributed by atoms with Gasteiger partial charge in [0, 0.05) is 58.2 Å². The molecule has 10 aromatic heterocycles. The number of hydrogen-bond donors (Lipinski definition) is 0. The molecule has 18 aromatic rings. The minimum atomic E-state index is -1.29. The van der Waals surface area contributed by atoms with Gasteiger partial charge in [0.1, 0.15) is 0 Å². The van der Waals surface area contributed by atoms with E-state index in [0.29, 0.717) is 106 Å². The van der Waals surface area contributed by atoms with Crippen molar-refractivity contribution in [3.8, 4) is 0 Å². The normalized spacial score (nSPS) is 18.2.